The molecule has 32 heavy (non-hydrogen) atoms. The van der Waals surface area contributed by atoms with Crippen LogP contribution in [0.15, 0.2) is 54.9 Å². The molecule has 1 amide bonds. The first kappa shape index (κ1) is 20.4. The standard InChI is InChI=1S/C25H26N6O/c26-13-18-6-9-24(29-14-18)31-20-7-8-21(31)17-30(16-20)25(32)10-12-27-15-19-3-1-5-23-22(19)4-2-11-28-23/h1-6,9,11,14,20-21,27H,7-8,10,12,15-17H2. The van der Waals surface area contributed by atoms with E-state index in [4.69, 9.17) is 5.26 Å². The number of amides is 1. The summed E-state index contributed by atoms with van der Waals surface area (Å²) in [5.41, 5.74) is 2.76. The number of nitrogens with zero attached hydrogens (tertiary/aromatic N) is 5. The van der Waals surface area contributed by atoms with Crippen LogP contribution in [-0.4, -0.2) is 52.5 Å². The van der Waals surface area contributed by atoms with Crippen molar-refractivity contribution in [3.05, 3.63) is 66.0 Å². The van der Waals surface area contributed by atoms with Crippen molar-refractivity contribution in [2.75, 3.05) is 24.5 Å². The van der Waals surface area contributed by atoms with E-state index in [1.165, 1.54) is 5.56 Å². The topological polar surface area (TPSA) is 85.2 Å². The van der Waals surface area contributed by atoms with Crippen LogP contribution in [0, 0.1) is 11.3 Å². The fourth-order valence-electron chi connectivity index (χ4n) is 4.98. The zero-order valence-electron chi connectivity index (χ0n) is 17.9. The molecule has 1 aromatic carbocycles. The van der Waals surface area contributed by atoms with Crippen LogP contribution < -0.4 is 10.2 Å². The van der Waals surface area contributed by atoms with Gasteiger partial charge in [0.05, 0.1) is 11.1 Å². The van der Waals surface area contributed by atoms with Gasteiger partial charge in [-0.1, -0.05) is 18.2 Å². The number of aromatic nitrogens is 2. The Morgan fingerprint density at radius 1 is 1.09 bits per heavy atom. The first-order valence-corrected chi connectivity index (χ1v) is 11.2. The summed E-state index contributed by atoms with van der Waals surface area (Å²) in [4.78, 5) is 26.1. The van der Waals surface area contributed by atoms with Gasteiger partial charge in [0.1, 0.15) is 11.9 Å². The first-order valence-electron chi connectivity index (χ1n) is 11.2. The van der Waals surface area contributed by atoms with E-state index in [2.05, 4.69) is 38.4 Å². The zero-order chi connectivity index (χ0) is 21.9. The molecular weight excluding hydrogens is 400 g/mol. The molecule has 2 aliphatic rings. The van der Waals surface area contributed by atoms with E-state index in [1.54, 1.807) is 6.20 Å². The lowest BCUT2D eigenvalue weighted by Gasteiger charge is -2.41. The average Bonchev–Trinajstić information content (AvgIpc) is 3.10. The summed E-state index contributed by atoms with van der Waals surface area (Å²) >= 11 is 0. The van der Waals surface area contributed by atoms with Crippen molar-refractivity contribution < 1.29 is 4.79 Å². The SMILES string of the molecule is N#Cc1ccc(N2C3CCC2CN(C(=O)CCNCc2cccc4ncccc24)C3)nc1. The van der Waals surface area contributed by atoms with Gasteiger partial charge in [-0.3, -0.25) is 9.78 Å². The van der Waals surface area contributed by atoms with Crippen molar-refractivity contribution in [3.63, 3.8) is 0 Å². The van der Waals surface area contributed by atoms with Gasteiger partial charge in [-0.15, -0.1) is 0 Å². The summed E-state index contributed by atoms with van der Waals surface area (Å²) in [6, 6.07) is 16.6. The summed E-state index contributed by atoms with van der Waals surface area (Å²) in [5, 5.41) is 13.6. The molecule has 2 aliphatic heterocycles. The molecule has 3 aromatic rings. The van der Waals surface area contributed by atoms with Crippen LogP contribution in [0.1, 0.15) is 30.4 Å². The van der Waals surface area contributed by atoms with Crippen molar-refractivity contribution in [1.29, 1.82) is 5.26 Å². The second kappa shape index (κ2) is 8.93. The van der Waals surface area contributed by atoms with Crippen LogP contribution in [0.25, 0.3) is 10.9 Å². The molecule has 162 valence electrons. The van der Waals surface area contributed by atoms with Gasteiger partial charge in [-0.05, 0) is 42.7 Å². The molecule has 2 bridgehead atoms. The Hall–Kier alpha value is -3.50. The van der Waals surface area contributed by atoms with Gasteiger partial charge in [0.15, 0.2) is 0 Å². The summed E-state index contributed by atoms with van der Waals surface area (Å²) in [6.07, 6.45) is 6.08. The molecular formula is C25H26N6O. The van der Waals surface area contributed by atoms with Gasteiger partial charge >= 0.3 is 0 Å². The number of rotatable bonds is 6. The molecule has 2 aromatic heterocycles. The predicted molar refractivity (Wildman–Crippen MR) is 123 cm³/mol. The maximum atomic E-state index is 12.9. The molecule has 0 saturated carbocycles. The number of hydrogen-bond acceptors (Lipinski definition) is 6. The quantitative estimate of drug-likeness (QED) is 0.610. The number of nitriles is 1. The average molecular weight is 427 g/mol. The Kier molecular flexibility index (Phi) is 5.70. The molecule has 1 N–H and O–H groups in total. The Labute approximate surface area is 187 Å². The number of carbonyl (C=O) groups is 1. The zero-order valence-corrected chi connectivity index (χ0v) is 17.9. The molecule has 7 nitrogen and oxygen atoms in total. The largest absolute Gasteiger partial charge is 0.347 e. The van der Waals surface area contributed by atoms with Gasteiger partial charge < -0.3 is 15.1 Å². The van der Waals surface area contributed by atoms with E-state index >= 15 is 0 Å². The Morgan fingerprint density at radius 3 is 2.69 bits per heavy atom. The molecule has 2 saturated heterocycles. The Bertz CT molecular complexity index is 1140. The monoisotopic (exact) mass is 426 g/mol. The Balaban J connectivity index is 1.14. The summed E-state index contributed by atoms with van der Waals surface area (Å²) in [6.45, 7) is 2.86. The Morgan fingerprint density at radius 2 is 1.94 bits per heavy atom. The number of carbonyl (C=O) groups excluding carboxylic acids is 1. The third-order valence-corrected chi connectivity index (χ3v) is 6.54. The smallest absolute Gasteiger partial charge is 0.223 e. The van der Waals surface area contributed by atoms with Crippen molar-refractivity contribution in [2.24, 2.45) is 0 Å². The van der Waals surface area contributed by atoms with E-state index in [0.717, 1.165) is 49.2 Å². The highest BCUT2D eigenvalue weighted by Gasteiger charge is 2.41. The van der Waals surface area contributed by atoms with Gasteiger partial charge in [-0.2, -0.15) is 5.26 Å². The summed E-state index contributed by atoms with van der Waals surface area (Å²) < 4.78 is 0. The molecule has 0 radical (unpaired) electrons. The van der Waals surface area contributed by atoms with E-state index in [1.807, 2.05) is 41.4 Å². The molecule has 2 fully saturated rings. The van der Waals surface area contributed by atoms with Crippen molar-refractivity contribution in [2.45, 2.75) is 37.9 Å². The van der Waals surface area contributed by atoms with E-state index in [9.17, 15) is 4.79 Å². The number of piperazine rings is 1. The van der Waals surface area contributed by atoms with Gasteiger partial charge in [0, 0.05) is 62.5 Å². The number of hydrogen-bond donors (Lipinski definition) is 1. The number of benzene rings is 1. The lowest BCUT2D eigenvalue weighted by Crippen LogP contribution is -2.56. The van der Waals surface area contributed by atoms with Crippen LogP contribution in [0.5, 0.6) is 0 Å². The maximum absolute atomic E-state index is 12.9. The molecule has 4 heterocycles. The highest BCUT2D eigenvalue weighted by atomic mass is 16.2. The normalized spacial score (nSPS) is 19.8. The maximum Gasteiger partial charge on any atom is 0.223 e. The van der Waals surface area contributed by atoms with Crippen LogP contribution in [-0.2, 0) is 11.3 Å². The molecule has 2 atom stereocenters. The number of pyridine rings is 2. The second-order valence-electron chi connectivity index (χ2n) is 8.52. The van der Waals surface area contributed by atoms with E-state index in [0.29, 0.717) is 30.6 Å². The van der Waals surface area contributed by atoms with Crippen molar-refractivity contribution in [1.82, 2.24) is 20.2 Å². The first-order chi connectivity index (χ1) is 15.7. The fourth-order valence-corrected chi connectivity index (χ4v) is 4.98. The molecule has 2 unspecified atom stereocenters. The molecule has 7 heteroatoms. The predicted octanol–water partition coefficient (Wildman–Crippen LogP) is 2.86. The number of fused-ring (bicyclic) bond motifs is 3. The lowest BCUT2D eigenvalue weighted by molar-refractivity contribution is -0.132. The van der Waals surface area contributed by atoms with Crippen LogP contribution in [0.2, 0.25) is 0 Å². The molecule has 0 aliphatic carbocycles. The highest BCUT2D eigenvalue weighted by Crippen LogP contribution is 2.34. The summed E-state index contributed by atoms with van der Waals surface area (Å²) in [7, 11) is 0. The third kappa shape index (κ3) is 4.02. The van der Waals surface area contributed by atoms with Crippen LogP contribution in [0.4, 0.5) is 5.82 Å². The van der Waals surface area contributed by atoms with Gasteiger partial charge in [-0.25, -0.2) is 4.98 Å². The fraction of sp³-hybridized carbons (Fsp3) is 0.360. The van der Waals surface area contributed by atoms with E-state index < -0.39 is 0 Å². The molecule has 5 rings (SSSR count). The minimum atomic E-state index is 0.210. The van der Waals surface area contributed by atoms with Crippen molar-refractivity contribution in [3.8, 4) is 6.07 Å². The minimum absolute atomic E-state index is 0.210. The van der Waals surface area contributed by atoms with Crippen LogP contribution in [0.3, 0.4) is 0 Å². The minimum Gasteiger partial charge on any atom is -0.347 e. The van der Waals surface area contributed by atoms with Crippen LogP contribution >= 0.6 is 0 Å². The number of likely N-dealkylation sites (tertiary alicyclic amines) is 1. The van der Waals surface area contributed by atoms with E-state index in [-0.39, 0.29) is 5.91 Å². The van der Waals surface area contributed by atoms with Gasteiger partial charge in [0.2, 0.25) is 5.91 Å². The molecule has 0 spiro atoms. The van der Waals surface area contributed by atoms with Crippen molar-refractivity contribution >= 4 is 22.6 Å². The number of nitrogens with one attached hydrogen (secondary N) is 1. The third-order valence-electron chi connectivity index (χ3n) is 6.54. The highest BCUT2D eigenvalue weighted by molar-refractivity contribution is 5.82. The second-order valence-corrected chi connectivity index (χ2v) is 8.52. The lowest BCUT2D eigenvalue weighted by atomic mass is 10.1. The number of anilines is 1. The van der Waals surface area contributed by atoms with Gasteiger partial charge in [0.25, 0.3) is 0 Å². The summed E-state index contributed by atoms with van der Waals surface area (Å²) in [5.74, 6) is 1.12.